The second kappa shape index (κ2) is 6.35. The highest BCUT2D eigenvalue weighted by molar-refractivity contribution is 7.97. The fourth-order valence-corrected chi connectivity index (χ4v) is 4.48. The summed E-state index contributed by atoms with van der Waals surface area (Å²) in [6, 6.07) is 0. The van der Waals surface area contributed by atoms with E-state index >= 15 is 0 Å². The van der Waals surface area contributed by atoms with Crippen molar-refractivity contribution in [1.29, 1.82) is 0 Å². The van der Waals surface area contributed by atoms with Crippen LogP contribution in [-0.4, -0.2) is 59.1 Å². The lowest BCUT2D eigenvalue weighted by atomic mass is 10.4. The van der Waals surface area contributed by atoms with Gasteiger partial charge < -0.3 is 5.11 Å². The molecule has 5 nitrogen and oxygen atoms in total. The molecular weight excluding hydrogens is 269 g/mol. The fraction of sp³-hybridized carbons (Fsp3) is 0.909. The highest BCUT2D eigenvalue weighted by Crippen LogP contribution is 2.34. The van der Waals surface area contributed by atoms with Gasteiger partial charge in [0.25, 0.3) is 0 Å². The number of carbonyl (C=O) groups is 1. The first-order valence-electron chi connectivity index (χ1n) is 6.50. The molecule has 0 saturated carbocycles. The summed E-state index contributed by atoms with van der Waals surface area (Å²) in [7, 11) is 0.781. The molecule has 0 unspecified atom stereocenters. The molecule has 2 aliphatic rings. The van der Waals surface area contributed by atoms with Crippen LogP contribution >= 0.6 is 7.36 Å². The van der Waals surface area contributed by atoms with E-state index in [2.05, 4.69) is 15.1 Å². The van der Waals surface area contributed by atoms with Crippen LogP contribution in [0.4, 0.5) is 0 Å². The molecule has 2 saturated heterocycles. The summed E-state index contributed by atoms with van der Waals surface area (Å²) in [6.07, 6.45) is 4.70. The minimum Gasteiger partial charge on any atom is -0.480 e. The van der Waals surface area contributed by atoms with Gasteiger partial charge >= 0.3 is 5.97 Å². The molecule has 0 aromatic heterocycles. The summed E-state index contributed by atoms with van der Waals surface area (Å²) < 4.78 is 0. The maximum Gasteiger partial charge on any atom is 0.317 e. The maximum absolute atomic E-state index is 10.9. The van der Waals surface area contributed by atoms with E-state index in [1.165, 1.54) is 25.7 Å². The fourth-order valence-electron chi connectivity index (χ4n) is 2.82. The van der Waals surface area contributed by atoms with Crippen LogP contribution in [0.15, 0.2) is 0 Å². The lowest BCUT2D eigenvalue weighted by Gasteiger charge is -2.44. The van der Waals surface area contributed by atoms with Crippen molar-refractivity contribution in [3.8, 4) is 0 Å². The molecule has 7 heteroatoms. The Bertz CT molecular complexity index is 301. The van der Waals surface area contributed by atoms with Crippen LogP contribution in [0.1, 0.15) is 25.7 Å². The third-order valence-electron chi connectivity index (χ3n) is 3.70. The van der Waals surface area contributed by atoms with Gasteiger partial charge in [-0.2, -0.15) is 0 Å². The van der Waals surface area contributed by atoms with Crippen molar-refractivity contribution in [2.45, 2.75) is 31.2 Å². The molecule has 0 aromatic carbocycles. The van der Waals surface area contributed by atoms with Crippen molar-refractivity contribution >= 4 is 25.1 Å². The Morgan fingerprint density at radius 2 is 1.61 bits per heavy atom. The summed E-state index contributed by atoms with van der Waals surface area (Å²) in [6.45, 7) is 4.00. The molecule has 0 bridgehead atoms. The van der Waals surface area contributed by atoms with Crippen molar-refractivity contribution < 1.29 is 9.90 Å². The van der Waals surface area contributed by atoms with Gasteiger partial charge in [0.1, 0.15) is 0 Å². The van der Waals surface area contributed by atoms with Crippen molar-refractivity contribution in [1.82, 2.24) is 15.1 Å². The van der Waals surface area contributed by atoms with E-state index in [1.54, 1.807) is 0 Å². The first kappa shape index (κ1) is 14.3. The molecule has 2 N–H and O–H groups in total. The first-order valence-corrected chi connectivity index (χ1v) is 8.41. The maximum atomic E-state index is 10.9. The third kappa shape index (κ3) is 2.89. The Hall–Kier alpha value is -0.130. The van der Waals surface area contributed by atoms with Crippen molar-refractivity contribution in [2.24, 2.45) is 0 Å². The Morgan fingerprint density at radius 3 is 1.94 bits per heavy atom. The first-order chi connectivity index (χ1) is 8.69. The van der Waals surface area contributed by atoms with Gasteiger partial charge in [0, 0.05) is 33.5 Å². The van der Waals surface area contributed by atoms with Crippen LogP contribution in [0, 0.1) is 0 Å². The quantitative estimate of drug-likeness (QED) is 0.708. The third-order valence-corrected chi connectivity index (χ3v) is 5.44. The van der Waals surface area contributed by atoms with Gasteiger partial charge in [0.2, 0.25) is 0 Å². The van der Waals surface area contributed by atoms with Gasteiger partial charge in [0.05, 0.1) is 6.54 Å². The number of nitrogens with one attached hydrogen (secondary N) is 1. The number of hydrogen-bond donors (Lipinski definition) is 2. The smallest absolute Gasteiger partial charge is 0.317 e. The predicted octanol–water partition coefficient (Wildman–Crippen LogP) is 0.872. The number of carboxylic acid groups (broad SMARTS) is 1. The molecular formula is C11H20N3O2PS. The normalized spacial score (nSPS) is 22.9. The number of rotatable bonds is 6. The number of hydrogen-bond acceptors (Lipinski definition) is 5. The van der Waals surface area contributed by atoms with E-state index in [0.29, 0.717) is 0 Å². The molecule has 0 aromatic rings. The molecule has 0 aliphatic carbocycles. The summed E-state index contributed by atoms with van der Waals surface area (Å²) in [4.78, 5) is 15.5. The summed E-state index contributed by atoms with van der Waals surface area (Å²) in [5.74, 6) is -0.823. The molecule has 0 atom stereocenters. The van der Waals surface area contributed by atoms with Gasteiger partial charge in [-0.25, -0.2) is 0 Å². The largest absolute Gasteiger partial charge is 0.480 e. The molecule has 2 aliphatic heterocycles. The summed E-state index contributed by atoms with van der Waals surface area (Å²) in [5.41, 5.74) is -0.444. The molecule has 0 spiro atoms. The van der Waals surface area contributed by atoms with Crippen LogP contribution < -0.4 is 5.32 Å². The average molecular weight is 289 g/mol. The topological polar surface area (TPSA) is 55.8 Å². The monoisotopic (exact) mass is 289 g/mol. The molecule has 0 amide bonds. The summed E-state index contributed by atoms with van der Waals surface area (Å²) in [5, 5.41) is 12.1. The van der Waals surface area contributed by atoms with E-state index in [0.717, 1.165) is 33.5 Å². The van der Waals surface area contributed by atoms with Crippen molar-refractivity contribution in [3.63, 3.8) is 0 Å². The highest BCUT2D eigenvalue weighted by Gasteiger charge is 2.43. The zero-order chi connectivity index (χ0) is 13.0. The van der Waals surface area contributed by atoms with E-state index in [1.807, 2.05) is 0 Å². The standard InChI is InChI=1S/C11H20N3O2PS/c15-10(16)9-12-11(17-18,13-5-1-2-6-13)14-7-3-4-8-14/h12H,1-9H2,(H,15,16). The van der Waals surface area contributed by atoms with Gasteiger partial charge in [-0.15, -0.1) is 0 Å². The molecule has 2 rings (SSSR count). The van der Waals surface area contributed by atoms with E-state index in [-0.39, 0.29) is 6.54 Å². The molecule has 18 heavy (non-hydrogen) atoms. The van der Waals surface area contributed by atoms with Crippen LogP contribution in [0.25, 0.3) is 0 Å². The van der Waals surface area contributed by atoms with Gasteiger partial charge in [-0.05, 0) is 25.7 Å². The van der Waals surface area contributed by atoms with Gasteiger partial charge in [-0.1, -0.05) is 11.8 Å². The molecule has 2 heterocycles. The van der Waals surface area contributed by atoms with E-state index < -0.39 is 11.5 Å². The lowest BCUT2D eigenvalue weighted by molar-refractivity contribution is -0.137. The lowest BCUT2D eigenvalue weighted by Crippen LogP contribution is -2.64. The SMILES string of the molecule is O=C(O)CNC(P=S)(N1CCCC1)N1CCCC1. The number of carboxylic acids is 1. The van der Waals surface area contributed by atoms with Crippen LogP contribution in [-0.2, 0) is 16.6 Å². The van der Waals surface area contributed by atoms with E-state index in [4.69, 9.17) is 16.9 Å². The molecule has 102 valence electrons. The minimum absolute atomic E-state index is 0.0311. The Kier molecular flexibility index (Phi) is 5.04. The highest BCUT2D eigenvalue weighted by atomic mass is 32.4. The van der Waals surface area contributed by atoms with Crippen molar-refractivity contribution in [2.75, 3.05) is 32.7 Å². The zero-order valence-corrected chi connectivity index (χ0v) is 12.2. The van der Waals surface area contributed by atoms with Gasteiger partial charge in [-0.3, -0.25) is 19.9 Å². The van der Waals surface area contributed by atoms with Crippen LogP contribution in [0.2, 0.25) is 0 Å². The Balaban J connectivity index is 2.16. The second-order valence-electron chi connectivity index (χ2n) is 4.86. The van der Waals surface area contributed by atoms with E-state index in [9.17, 15) is 4.79 Å². The van der Waals surface area contributed by atoms with Crippen LogP contribution in [0.5, 0.6) is 0 Å². The number of nitrogens with zero attached hydrogens (tertiary/aromatic N) is 2. The molecule has 0 radical (unpaired) electrons. The molecule has 2 fully saturated rings. The average Bonchev–Trinajstić information content (AvgIpc) is 3.03. The Labute approximate surface area is 114 Å². The Morgan fingerprint density at radius 1 is 1.17 bits per heavy atom. The minimum atomic E-state index is -0.823. The number of likely N-dealkylation sites (tertiary alicyclic amines) is 2. The van der Waals surface area contributed by atoms with Crippen LogP contribution in [0.3, 0.4) is 0 Å². The predicted molar refractivity (Wildman–Crippen MR) is 74.3 cm³/mol. The number of aliphatic carboxylic acids is 1. The summed E-state index contributed by atoms with van der Waals surface area (Å²) >= 11 is 5.34. The van der Waals surface area contributed by atoms with Gasteiger partial charge in [0.15, 0.2) is 5.53 Å². The second-order valence-corrected chi connectivity index (χ2v) is 6.22. The zero-order valence-electron chi connectivity index (χ0n) is 10.5. The van der Waals surface area contributed by atoms with Crippen molar-refractivity contribution in [3.05, 3.63) is 0 Å².